The maximum Gasteiger partial charge on any atom is 0.255 e. The quantitative estimate of drug-likeness (QED) is 0.896. The van der Waals surface area contributed by atoms with Crippen LogP contribution < -0.4 is 10.9 Å². The van der Waals surface area contributed by atoms with Gasteiger partial charge in [0, 0.05) is 23.5 Å². The Labute approximate surface area is 135 Å². The minimum Gasteiger partial charge on any atom is -0.352 e. The van der Waals surface area contributed by atoms with Gasteiger partial charge in [-0.3, -0.25) is 14.2 Å². The van der Waals surface area contributed by atoms with Crippen molar-refractivity contribution in [2.45, 2.75) is 53.6 Å². The fraction of sp³-hybridized carbons (Fsp3) is 0.500. The van der Waals surface area contributed by atoms with Crippen molar-refractivity contribution in [3.63, 3.8) is 0 Å². The summed E-state index contributed by atoms with van der Waals surface area (Å²) in [6.07, 6.45) is 0.639. The summed E-state index contributed by atoms with van der Waals surface area (Å²) in [5.41, 5.74) is 2.12. The van der Waals surface area contributed by atoms with Gasteiger partial charge in [0.15, 0.2) is 0 Å². The zero-order valence-corrected chi connectivity index (χ0v) is 14.3. The number of aromatic nitrogens is 4. The lowest BCUT2D eigenvalue weighted by Gasteiger charge is -2.15. The van der Waals surface area contributed by atoms with Crippen LogP contribution in [0.25, 0.3) is 5.95 Å². The highest BCUT2D eigenvalue weighted by Gasteiger charge is 2.16. The van der Waals surface area contributed by atoms with E-state index in [4.69, 9.17) is 0 Å². The van der Waals surface area contributed by atoms with E-state index in [2.05, 4.69) is 15.4 Å². The molecule has 7 heteroatoms. The van der Waals surface area contributed by atoms with Gasteiger partial charge in [-0.15, -0.1) is 0 Å². The van der Waals surface area contributed by atoms with E-state index >= 15 is 0 Å². The summed E-state index contributed by atoms with van der Waals surface area (Å²) >= 11 is 0. The molecule has 0 fully saturated rings. The number of carbonyl (C=O) groups excluding carboxylic acids is 1. The third-order valence-electron chi connectivity index (χ3n) is 3.35. The molecule has 0 saturated carbocycles. The molecule has 23 heavy (non-hydrogen) atoms. The fourth-order valence-electron chi connectivity index (χ4n) is 2.37. The summed E-state index contributed by atoms with van der Waals surface area (Å²) in [5.74, 6) is 0.148. The molecule has 1 N–H and O–H groups in total. The second-order valence-electron chi connectivity index (χ2n) is 5.89. The molecule has 0 aliphatic rings. The standard InChI is InChI=1S/C16H23N5O2/c1-6-13-8-15(23)20(9-14(22)17-10(2)3)16(18-13)21-12(5)7-11(4)19-21/h7-8,10H,6,9H2,1-5H3,(H,17,22). The monoisotopic (exact) mass is 317 g/mol. The Morgan fingerprint density at radius 2 is 2.00 bits per heavy atom. The fourth-order valence-corrected chi connectivity index (χ4v) is 2.37. The molecule has 1 amide bonds. The molecule has 0 aromatic carbocycles. The Bertz CT molecular complexity index is 773. The van der Waals surface area contributed by atoms with Gasteiger partial charge in [0.05, 0.1) is 5.69 Å². The van der Waals surface area contributed by atoms with Crippen LogP contribution in [0.5, 0.6) is 0 Å². The Hall–Kier alpha value is -2.44. The van der Waals surface area contributed by atoms with Crippen LogP contribution >= 0.6 is 0 Å². The second kappa shape index (κ2) is 6.76. The molecule has 0 radical (unpaired) electrons. The molecule has 0 aliphatic carbocycles. The second-order valence-corrected chi connectivity index (χ2v) is 5.89. The Kier molecular flexibility index (Phi) is 4.98. The minimum absolute atomic E-state index is 0.0122. The molecule has 7 nitrogen and oxygen atoms in total. The lowest BCUT2D eigenvalue weighted by Crippen LogP contribution is -2.37. The van der Waals surface area contributed by atoms with Crippen molar-refractivity contribution in [2.75, 3.05) is 0 Å². The first kappa shape index (κ1) is 16.9. The van der Waals surface area contributed by atoms with E-state index in [1.165, 1.54) is 10.6 Å². The highest BCUT2D eigenvalue weighted by Crippen LogP contribution is 2.10. The van der Waals surface area contributed by atoms with Crippen LogP contribution in [0.4, 0.5) is 0 Å². The largest absolute Gasteiger partial charge is 0.352 e. The van der Waals surface area contributed by atoms with Crippen molar-refractivity contribution in [1.29, 1.82) is 0 Å². The van der Waals surface area contributed by atoms with Gasteiger partial charge in [0.25, 0.3) is 5.56 Å². The predicted octanol–water partition coefficient (Wildman–Crippen LogP) is 1.13. The van der Waals surface area contributed by atoms with Crippen LogP contribution in [-0.2, 0) is 17.8 Å². The van der Waals surface area contributed by atoms with E-state index in [-0.39, 0.29) is 24.1 Å². The SMILES string of the molecule is CCc1cc(=O)n(CC(=O)NC(C)C)c(-n2nc(C)cc2C)n1. The molecule has 0 aliphatic heterocycles. The minimum atomic E-state index is -0.252. The lowest BCUT2D eigenvalue weighted by atomic mass is 10.3. The molecule has 0 spiro atoms. The molecule has 0 bridgehead atoms. The smallest absolute Gasteiger partial charge is 0.255 e. The molecule has 2 aromatic heterocycles. The molecule has 0 saturated heterocycles. The van der Waals surface area contributed by atoms with Crippen molar-refractivity contribution in [2.24, 2.45) is 0 Å². The summed E-state index contributed by atoms with van der Waals surface area (Å²) in [6, 6.07) is 3.39. The lowest BCUT2D eigenvalue weighted by molar-refractivity contribution is -0.122. The maximum absolute atomic E-state index is 12.4. The summed E-state index contributed by atoms with van der Waals surface area (Å²) in [7, 11) is 0. The Morgan fingerprint density at radius 3 is 2.52 bits per heavy atom. The number of hydrogen-bond donors (Lipinski definition) is 1. The highest BCUT2D eigenvalue weighted by atomic mass is 16.2. The molecule has 0 unspecified atom stereocenters. The predicted molar refractivity (Wildman–Crippen MR) is 87.7 cm³/mol. The number of amides is 1. The van der Waals surface area contributed by atoms with Gasteiger partial charge in [-0.25, -0.2) is 9.67 Å². The van der Waals surface area contributed by atoms with E-state index in [1.54, 1.807) is 4.68 Å². The van der Waals surface area contributed by atoms with Crippen molar-refractivity contribution < 1.29 is 4.79 Å². The average Bonchev–Trinajstić information content (AvgIpc) is 2.78. The molecule has 2 heterocycles. The van der Waals surface area contributed by atoms with Crippen LogP contribution in [0.1, 0.15) is 37.9 Å². The zero-order chi connectivity index (χ0) is 17.1. The van der Waals surface area contributed by atoms with Gasteiger partial charge in [-0.2, -0.15) is 5.10 Å². The summed E-state index contributed by atoms with van der Waals surface area (Å²) < 4.78 is 2.97. The number of nitrogens with one attached hydrogen (secondary N) is 1. The van der Waals surface area contributed by atoms with Crippen LogP contribution in [0, 0.1) is 13.8 Å². The van der Waals surface area contributed by atoms with E-state index < -0.39 is 0 Å². The third-order valence-corrected chi connectivity index (χ3v) is 3.35. The van der Waals surface area contributed by atoms with E-state index in [0.717, 1.165) is 11.4 Å². The Balaban J connectivity index is 2.54. The normalized spacial score (nSPS) is 11.0. The number of hydrogen-bond acceptors (Lipinski definition) is 4. The van der Waals surface area contributed by atoms with Gasteiger partial charge in [-0.1, -0.05) is 6.92 Å². The molecular weight excluding hydrogens is 294 g/mol. The molecule has 124 valence electrons. The van der Waals surface area contributed by atoms with Gasteiger partial charge in [0.2, 0.25) is 11.9 Å². The zero-order valence-electron chi connectivity index (χ0n) is 14.3. The average molecular weight is 317 g/mol. The molecule has 2 rings (SSSR count). The van der Waals surface area contributed by atoms with Crippen LogP contribution in [0.15, 0.2) is 16.9 Å². The van der Waals surface area contributed by atoms with Crippen molar-refractivity contribution in [3.8, 4) is 5.95 Å². The van der Waals surface area contributed by atoms with Crippen molar-refractivity contribution >= 4 is 5.91 Å². The third kappa shape index (κ3) is 3.85. The number of carbonyl (C=O) groups is 1. The summed E-state index contributed by atoms with van der Waals surface area (Å²) in [4.78, 5) is 29.0. The highest BCUT2D eigenvalue weighted by molar-refractivity contribution is 5.76. The van der Waals surface area contributed by atoms with E-state index in [1.807, 2.05) is 40.7 Å². The summed E-state index contributed by atoms with van der Waals surface area (Å²) in [5, 5.41) is 7.18. The first-order chi connectivity index (χ1) is 10.8. The Morgan fingerprint density at radius 1 is 1.30 bits per heavy atom. The maximum atomic E-state index is 12.4. The number of nitrogens with zero attached hydrogens (tertiary/aromatic N) is 4. The number of rotatable bonds is 5. The molecular formula is C16H23N5O2. The van der Waals surface area contributed by atoms with Crippen molar-refractivity contribution in [1.82, 2.24) is 24.6 Å². The summed E-state index contributed by atoms with van der Waals surface area (Å²) in [6.45, 7) is 9.37. The van der Waals surface area contributed by atoms with E-state index in [9.17, 15) is 9.59 Å². The van der Waals surface area contributed by atoms with Crippen LogP contribution in [0.2, 0.25) is 0 Å². The topological polar surface area (TPSA) is 81.8 Å². The van der Waals surface area contributed by atoms with Crippen molar-refractivity contribution in [3.05, 3.63) is 39.6 Å². The first-order valence-corrected chi connectivity index (χ1v) is 7.75. The molecule has 2 aromatic rings. The van der Waals surface area contributed by atoms with Crippen LogP contribution in [-0.4, -0.2) is 31.3 Å². The van der Waals surface area contributed by atoms with Crippen LogP contribution in [0.3, 0.4) is 0 Å². The van der Waals surface area contributed by atoms with E-state index in [0.29, 0.717) is 18.1 Å². The number of aryl methyl sites for hydroxylation is 3. The first-order valence-electron chi connectivity index (χ1n) is 7.75. The van der Waals surface area contributed by atoms with Gasteiger partial charge in [0.1, 0.15) is 6.54 Å². The van der Waals surface area contributed by atoms with Gasteiger partial charge in [-0.05, 0) is 40.2 Å². The molecule has 0 atom stereocenters. The van der Waals surface area contributed by atoms with Gasteiger partial charge < -0.3 is 5.32 Å². The van der Waals surface area contributed by atoms with Gasteiger partial charge >= 0.3 is 0 Å².